The molecule has 2 rings (SSSR count). The average Bonchev–Trinajstić information content (AvgIpc) is 2.69. The summed E-state index contributed by atoms with van der Waals surface area (Å²) < 4.78 is 7.20. The van der Waals surface area contributed by atoms with Crippen molar-refractivity contribution in [1.82, 2.24) is 9.78 Å². The van der Waals surface area contributed by atoms with Crippen LogP contribution in [0.2, 0.25) is 0 Å². The van der Waals surface area contributed by atoms with Crippen LogP contribution in [0.1, 0.15) is 5.56 Å². The Morgan fingerprint density at radius 3 is 2.61 bits per heavy atom. The van der Waals surface area contributed by atoms with Crippen LogP contribution >= 0.6 is 11.8 Å². The van der Waals surface area contributed by atoms with Crippen LogP contribution in [0.15, 0.2) is 23.2 Å². The third kappa shape index (κ3) is 1.95. The lowest BCUT2D eigenvalue weighted by atomic mass is 10.0. The molecule has 0 aliphatic rings. The minimum absolute atomic E-state index is 0.647. The van der Waals surface area contributed by atoms with Gasteiger partial charge in [0.2, 0.25) is 0 Å². The van der Waals surface area contributed by atoms with Gasteiger partial charge in [0.15, 0.2) is 0 Å². The van der Waals surface area contributed by atoms with Crippen molar-refractivity contribution in [3.05, 3.63) is 23.9 Å². The molecule has 0 aliphatic heterocycles. The molecule has 5 heteroatoms. The van der Waals surface area contributed by atoms with E-state index in [0.717, 1.165) is 27.3 Å². The zero-order valence-corrected chi connectivity index (χ0v) is 11.8. The summed E-state index contributed by atoms with van der Waals surface area (Å²) in [5.74, 6) is 1.51. The number of rotatable bonds is 3. The number of aryl methyl sites for hydroxylation is 2. The van der Waals surface area contributed by atoms with Gasteiger partial charge < -0.3 is 10.5 Å². The van der Waals surface area contributed by atoms with Crippen LogP contribution in [0.25, 0.3) is 11.1 Å². The number of ether oxygens (including phenoxy) is 1. The summed E-state index contributed by atoms with van der Waals surface area (Å²) in [5.41, 5.74) is 9.10. The zero-order chi connectivity index (χ0) is 13.3. The highest BCUT2D eigenvalue weighted by atomic mass is 32.2. The lowest BCUT2D eigenvalue weighted by molar-refractivity contribution is 0.412. The summed E-state index contributed by atoms with van der Waals surface area (Å²) in [5, 5.41) is 4.20. The van der Waals surface area contributed by atoms with Crippen LogP contribution in [0.5, 0.6) is 5.75 Å². The van der Waals surface area contributed by atoms with E-state index in [1.807, 2.05) is 20.2 Å². The van der Waals surface area contributed by atoms with Gasteiger partial charge in [0.05, 0.1) is 13.3 Å². The van der Waals surface area contributed by atoms with Crippen molar-refractivity contribution in [2.45, 2.75) is 11.8 Å². The van der Waals surface area contributed by atoms with E-state index in [4.69, 9.17) is 10.5 Å². The summed E-state index contributed by atoms with van der Waals surface area (Å²) in [7, 11) is 3.52. The molecule has 18 heavy (non-hydrogen) atoms. The Morgan fingerprint density at radius 1 is 1.39 bits per heavy atom. The molecule has 4 nitrogen and oxygen atoms in total. The molecule has 0 amide bonds. The lowest BCUT2D eigenvalue weighted by Gasteiger charge is -2.14. The Bertz CT molecular complexity index is 578. The maximum Gasteiger partial charge on any atom is 0.130 e. The number of thioether (sulfide) groups is 1. The number of nitrogens with two attached hydrogens (primary N) is 1. The van der Waals surface area contributed by atoms with E-state index in [0.29, 0.717) is 5.82 Å². The van der Waals surface area contributed by atoms with Crippen LogP contribution in [0, 0.1) is 6.92 Å². The molecule has 0 aliphatic carbocycles. The fraction of sp³-hybridized carbons (Fsp3) is 0.308. The van der Waals surface area contributed by atoms with Gasteiger partial charge in [-0.3, -0.25) is 4.68 Å². The average molecular weight is 263 g/mol. The molecule has 1 aromatic carbocycles. The maximum atomic E-state index is 6.07. The maximum absolute atomic E-state index is 6.07. The first-order valence-electron chi connectivity index (χ1n) is 5.59. The van der Waals surface area contributed by atoms with Crippen molar-refractivity contribution in [2.75, 3.05) is 19.1 Å². The molecule has 2 N–H and O–H groups in total. The van der Waals surface area contributed by atoms with E-state index < -0.39 is 0 Å². The molecule has 0 radical (unpaired) electrons. The van der Waals surface area contributed by atoms with Crippen LogP contribution < -0.4 is 10.5 Å². The number of nitrogen functional groups attached to an aromatic ring is 1. The second kappa shape index (κ2) is 4.94. The van der Waals surface area contributed by atoms with E-state index in [1.165, 1.54) is 0 Å². The van der Waals surface area contributed by atoms with E-state index in [-0.39, 0.29) is 0 Å². The molecule has 0 fully saturated rings. The standard InChI is InChI=1S/C13H17N3OS/c1-8-5-6-10(18-4)11(12(8)17-3)9-7-15-16(2)13(9)14/h5-7H,14H2,1-4H3. The molecule has 1 aromatic heterocycles. The molecule has 96 valence electrons. The highest BCUT2D eigenvalue weighted by molar-refractivity contribution is 7.98. The van der Waals surface area contributed by atoms with Gasteiger partial charge in [-0.2, -0.15) is 5.10 Å². The molecule has 0 unspecified atom stereocenters. The second-order valence-electron chi connectivity index (χ2n) is 4.06. The minimum atomic E-state index is 0.647. The Morgan fingerprint density at radius 2 is 2.11 bits per heavy atom. The van der Waals surface area contributed by atoms with E-state index >= 15 is 0 Å². The fourth-order valence-electron chi connectivity index (χ4n) is 2.00. The van der Waals surface area contributed by atoms with Crippen molar-refractivity contribution in [2.24, 2.45) is 7.05 Å². The second-order valence-corrected chi connectivity index (χ2v) is 4.91. The largest absolute Gasteiger partial charge is 0.496 e. The van der Waals surface area contributed by atoms with E-state index in [1.54, 1.807) is 29.8 Å². The van der Waals surface area contributed by atoms with Crippen LogP contribution in [-0.2, 0) is 7.05 Å². The highest BCUT2D eigenvalue weighted by Crippen LogP contribution is 2.42. The number of hydrogen-bond donors (Lipinski definition) is 1. The Hall–Kier alpha value is -1.62. The molecule has 2 aromatic rings. The first-order valence-corrected chi connectivity index (χ1v) is 6.82. The van der Waals surface area contributed by atoms with Gasteiger partial charge in [0, 0.05) is 23.1 Å². The van der Waals surface area contributed by atoms with E-state index in [9.17, 15) is 0 Å². The van der Waals surface area contributed by atoms with Gasteiger partial charge in [-0.25, -0.2) is 0 Å². The Kier molecular flexibility index (Phi) is 3.52. The molecular weight excluding hydrogens is 246 g/mol. The molecule has 0 saturated heterocycles. The summed E-state index contributed by atoms with van der Waals surface area (Å²) in [4.78, 5) is 1.14. The first kappa shape index (κ1) is 12.8. The predicted molar refractivity (Wildman–Crippen MR) is 76.1 cm³/mol. The topological polar surface area (TPSA) is 53.1 Å². The van der Waals surface area contributed by atoms with Crippen LogP contribution in [-0.4, -0.2) is 23.1 Å². The van der Waals surface area contributed by atoms with Gasteiger partial charge in [-0.05, 0) is 24.8 Å². The molecular formula is C13H17N3OS. The molecule has 0 atom stereocenters. The normalized spacial score (nSPS) is 10.7. The minimum Gasteiger partial charge on any atom is -0.496 e. The van der Waals surface area contributed by atoms with Crippen LogP contribution in [0.4, 0.5) is 5.82 Å². The number of hydrogen-bond acceptors (Lipinski definition) is 4. The quantitative estimate of drug-likeness (QED) is 0.865. The Balaban J connectivity index is 2.75. The first-order chi connectivity index (χ1) is 8.60. The number of aromatic nitrogens is 2. The summed E-state index contributed by atoms with van der Waals surface area (Å²) >= 11 is 1.67. The lowest BCUT2D eigenvalue weighted by Crippen LogP contribution is -1.99. The SMILES string of the molecule is COc1c(C)ccc(SC)c1-c1cnn(C)c1N. The van der Waals surface area contributed by atoms with Crippen molar-refractivity contribution in [3.63, 3.8) is 0 Å². The third-order valence-corrected chi connectivity index (χ3v) is 3.77. The summed E-state index contributed by atoms with van der Waals surface area (Å²) in [6.07, 6.45) is 3.83. The molecule has 0 bridgehead atoms. The number of anilines is 1. The van der Waals surface area contributed by atoms with Gasteiger partial charge in [-0.15, -0.1) is 11.8 Å². The van der Waals surface area contributed by atoms with Crippen molar-refractivity contribution >= 4 is 17.6 Å². The monoisotopic (exact) mass is 263 g/mol. The van der Waals surface area contributed by atoms with Crippen molar-refractivity contribution in [1.29, 1.82) is 0 Å². The highest BCUT2D eigenvalue weighted by Gasteiger charge is 2.18. The van der Waals surface area contributed by atoms with Gasteiger partial charge in [0.1, 0.15) is 11.6 Å². The summed E-state index contributed by atoms with van der Waals surface area (Å²) in [6, 6.07) is 4.14. The smallest absolute Gasteiger partial charge is 0.130 e. The van der Waals surface area contributed by atoms with Crippen molar-refractivity contribution < 1.29 is 4.74 Å². The van der Waals surface area contributed by atoms with Gasteiger partial charge in [-0.1, -0.05) is 6.07 Å². The fourth-order valence-corrected chi connectivity index (χ4v) is 2.61. The summed E-state index contributed by atoms with van der Waals surface area (Å²) in [6.45, 7) is 2.03. The Labute approximate surface area is 111 Å². The van der Waals surface area contributed by atoms with Gasteiger partial charge in [0.25, 0.3) is 0 Å². The van der Waals surface area contributed by atoms with Crippen molar-refractivity contribution in [3.8, 4) is 16.9 Å². The number of methoxy groups -OCH3 is 1. The molecule has 0 spiro atoms. The molecule has 0 saturated carbocycles. The zero-order valence-electron chi connectivity index (χ0n) is 11.0. The number of benzene rings is 1. The molecule has 1 heterocycles. The van der Waals surface area contributed by atoms with Crippen LogP contribution in [0.3, 0.4) is 0 Å². The predicted octanol–water partition coefficient (Wildman–Crippen LogP) is 2.71. The van der Waals surface area contributed by atoms with E-state index in [2.05, 4.69) is 17.2 Å². The third-order valence-electron chi connectivity index (χ3n) is 2.99. The van der Waals surface area contributed by atoms with Gasteiger partial charge >= 0.3 is 0 Å². The number of nitrogens with zero attached hydrogens (tertiary/aromatic N) is 2.